The van der Waals surface area contributed by atoms with Crippen molar-refractivity contribution in [2.75, 3.05) is 12.4 Å². The topological polar surface area (TPSA) is 47.0 Å². The van der Waals surface area contributed by atoms with E-state index in [9.17, 15) is 4.39 Å². The number of aromatic nitrogens is 2. The van der Waals surface area contributed by atoms with Crippen molar-refractivity contribution >= 4 is 17.2 Å². The van der Waals surface area contributed by atoms with Gasteiger partial charge in [-0.2, -0.15) is 4.98 Å². The third-order valence-electron chi connectivity index (χ3n) is 2.95. The molecule has 2 rings (SSSR count). The average Bonchev–Trinajstić information content (AvgIpc) is 2.56. The highest BCUT2D eigenvalue weighted by molar-refractivity contribution is 5.74. The van der Waals surface area contributed by atoms with Crippen LogP contribution in [0.5, 0.6) is 5.88 Å². The highest BCUT2D eigenvalue weighted by atomic mass is 19.1. The van der Waals surface area contributed by atoms with E-state index in [-0.39, 0.29) is 5.82 Å². The highest BCUT2D eigenvalue weighted by Crippen LogP contribution is 2.22. The molecule has 0 aliphatic rings. The van der Waals surface area contributed by atoms with E-state index in [1.165, 1.54) is 12.1 Å². The Kier molecular flexibility index (Phi) is 5.63. The minimum absolute atomic E-state index is 0.299. The standard InChI is InChI=1S/C18H18FN3O/c1-4-6-13(7-5-2)16-12-17(23-3)22-18(21-16)20-15-10-8-14(19)9-11-15/h4-12H,1H2,2-3H3,(H,20,21,22)/b7-5-,13-6+. The summed E-state index contributed by atoms with van der Waals surface area (Å²) in [5, 5.41) is 3.04. The van der Waals surface area contributed by atoms with Gasteiger partial charge in [-0.05, 0) is 31.2 Å². The first-order valence-corrected chi connectivity index (χ1v) is 7.07. The van der Waals surface area contributed by atoms with Crippen LogP contribution in [0, 0.1) is 5.82 Å². The van der Waals surface area contributed by atoms with Gasteiger partial charge in [0.1, 0.15) is 5.82 Å². The van der Waals surface area contributed by atoms with Gasteiger partial charge in [0.2, 0.25) is 11.8 Å². The van der Waals surface area contributed by atoms with E-state index < -0.39 is 0 Å². The molecular formula is C18H18FN3O. The lowest BCUT2D eigenvalue weighted by Gasteiger charge is -2.09. The zero-order valence-corrected chi connectivity index (χ0v) is 13.1. The predicted octanol–water partition coefficient (Wildman–Crippen LogP) is 4.51. The Hall–Kier alpha value is -2.95. The Bertz CT molecular complexity index is 736. The molecule has 0 atom stereocenters. The molecule has 0 fully saturated rings. The van der Waals surface area contributed by atoms with Crippen LogP contribution in [0.4, 0.5) is 16.0 Å². The number of methoxy groups -OCH3 is 1. The summed E-state index contributed by atoms with van der Waals surface area (Å²) >= 11 is 0. The summed E-state index contributed by atoms with van der Waals surface area (Å²) in [5.41, 5.74) is 2.26. The van der Waals surface area contributed by atoms with E-state index in [0.717, 1.165) is 5.57 Å². The molecule has 0 radical (unpaired) electrons. The second-order valence-corrected chi connectivity index (χ2v) is 4.61. The first kappa shape index (κ1) is 16.4. The lowest BCUT2D eigenvalue weighted by atomic mass is 10.1. The molecule has 23 heavy (non-hydrogen) atoms. The number of nitrogens with zero attached hydrogens (tertiary/aromatic N) is 2. The Balaban J connectivity index is 2.40. The lowest BCUT2D eigenvalue weighted by Crippen LogP contribution is -2.02. The average molecular weight is 311 g/mol. The number of nitrogens with one attached hydrogen (secondary N) is 1. The molecule has 1 aromatic carbocycles. The van der Waals surface area contributed by atoms with Crippen LogP contribution in [0.3, 0.4) is 0 Å². The molecule has 0 saturated carbocycles. The van der Waals surface area contributed by atoms with Crippen molar-refractivity contribution in [1.29, 1.82) is 0 Å². The summed E-state index contributed by atoms with van der Waals surface area (Å²) in [6.45, 7) is 5.64. The molecule has 0 spiro atoms. The number of hydrogen-bond acceptors (Lipinski definition) is 4. The number of halogens is 1. The zero-order valence-electron chi connectivity index (χ0n) is 13.1. The van der Waals surface area contributed by atoms with Gasteiger partial charge in [0, 0.05) is 17.3 Å². The molecule has 1 heterocycles. The van der Waals surface area contributed by atoms with Gasteiger partial charge in [0.15, 0.2) is 0 Å². The Labute approximate surface area is 135 Å². The Morgan fingerprint density at radius 2 is 2.00 bits per heavy atom. The van der Waals surface area contributed by atoms with Crippen molar-refractivity contribution in [3.8, 4) is 5.88 Å². The van der Waals surface area contributed by atoms with Gasteiger partial charge in [-0.25, -0.2) is 9.37 Å². The minimum atomic E-state index is -0.299. The molecule has 1 N–H and O–H groups in total. The Morgan fingerprint density at radius 1 is 1.26 bits per heavy atom. The fraction of sp³-hybridized carbons (Fsp3) is 0.111. The van der Waals surface area contributed by atoms with Gasteiger partial charge in [0.05, 0.1) is 12.8 Å². The summed E-state index contributed by atoms with van der Waals surface area (Å²) < 4.78 is 18.2. The summed E-state index contributed by atoms with van der Waals surface area (Å²) in [5.74, 6) is 0.497. The SMILES string of the molecule is C=C/C=C(\C=C/C)c1cc(OC)nc(Nc2ccc(F)cc2)n1. The predicted molar refractivity (Wildman–Crippen MR) is 91.3 cm³/mol. The van der Waals surface area contributed by atoms with E-state index in [4.69, 9.17) is 4.74 Å². The normalized spacial score (nSPS) is 11.5. The molecule has 0 bridgehead atoms. The number of rotatable bonds is 6. The maximum Gasteiger partial charge on any atom is 0.231 e. The van der Waals surface area contributed by atoms with Gasteiger partial charge in [-0.1, -0.05) is 30.9 Å². The van der Waals surface area contributed by atoms with Crippen LogP contribution in [0.1, 0.15) is 12.6 Å². The van der Waals surface area contributed by atoms with Crippen molar-refractivity contribution in [2.45, 2.75) is 6.92 Å². The third kappa shape index (κ3) is 4.51. The van der Waals surface area contributed by atoms with Crippen LogP contribution in [-0.2, 0) is 0 Å². The molecule has 118 valence electrons. The molecular weight excluding hydrogens is 293 g/mol. The smallest absolute Gasteiger partial charge is 0.231 e. The van der Waals surface area contributed by atoms with Crippen molar-refractivity contribution in [3.05, 3.63) is 72.7 Å². The quantitative estimate of drug-likeness (QED) is 0.797. The maximum atomic E-state index is 13.0. The van der Waals surface area contributed by atoms with Crippen LogP contribution in [0.2, 0.25) is 0 Å². The van der Waals surface area contributed by atoms with Crippen LogP contribution in [0.15, 0.2) is 61.2 Å². The van der Waals surface area contributed by atoms with E-state index in [0.29, 0.717) is 23.2 Å². The van der Waals surface area contributed by atoms with E-state index in [1.54, 1.807) is 31.4 Å². The molecule has 0 unspecified atom stereocenters. The number of anilines is 2. The number of hydrogen-bond donors (Lipinski definition) is 1. The van der Waals surface area contributed by atoms with Crippen LogP contribution < -0.4 is 10.1 Å². The molecule has 0 saturated heterocycles. The van der Waals surface area contributed by atoms with Gasteiger partial charge >= 0.3 is 0 Å². The molecule has 2 aromatic rings. The lowest BCUT2D eigenvalue weighted by molar-refractivity contribution is 0.397. The van der Waals surface area contributed by atoms with E-state index in [2.05, 4.69) is 21.9 Å². The van der Waals surface area contributed by atoms with Gasteiger partial charge < -0.3 is 10.1 Å². The Morgan fingerprint density at radius 3 is 2.61 bits per heavy atom. The van der Waals surface area contributed by atoms with Crippen molar-refractivity contribution in [1.82, 2.24) is 9.97 Å². The number of ether oxygens (including phenoxy) is 1. The molecule has 1 aromatic heterocycles. The second-order valence-electron chi connectivity index (χ2n) is 4.61. The van der Waals surface area contributed by atoms with E-state index in [1.807, 2.05) is 25.2 Å². The fourth-order valence-corrected chi connectivity index (χ4v) is 1.93. The van der Waals surface area contributed by atoms with Gasteiger partial charge in [-0.15, -0.1) is 0 Å². The fourth-order valence-electron chi connectivity index (χ4n) is 1.93. The van der Waals surface area contributed by atoms with Crippen LogP contribution in [-0.4, -0.2) is 17.1 Å². The van der Waals surface area contributed by atoms with Crippen molar-refractivity contribution in [2.24, 2.45) is 0 Å². The largest absolute Gasteiger partial charge is 0.481 e. The second kappa shape index (κ2) is 7.89. The van der Waals surface area contributed by atoms with Crippen LogP contribution in [0.25, 0.3) is 5.57 Å². The molecule has 0 amide bonds. The number of allylic oxidation sites excluding steroid dienone is 5. The maximum absolute atomic E-state index is 13.0. The number of benzene rings is 1. The minimum Gasteiger partial charge on any atom is -0.481 e. The first-order chi connectivity index (χ1) is 11.2. The molecule has 4 nitrogen and oxygen atoms in total. The third-order valence-corrected chi connectivity index (χ3v) is 2.95. The summed E-state index contributed by atoms with van der Waals surface area (Å²) in [6.07, 6.45) is 7.38. The zero-order chi connectivity index (χ0) is 16.7. The summed E-state index contributed by atoms with van der Waals surface area (Å²) in [7, 11) is 1.54. The molecule has 0 aliphatic carbocycles. The summed E-state index contributed by atoms with van der Waals surface area (Å²) in [4.78, 5) is 8.73. The van der Waals surface area contributed by atoms with Crippen molar-refractivity contribution in [3.63, 3.8) is 0 Å². The highest BCUT2D eigenvalue weighted by Gasteiger charge is 2.08. The first-order valence-electron chi connectivity index (χ1n) is 7.07. The monoisotopic (exact) mass is 311 g/mol. The molecule has 5 heteroatoms. The molecule has 0 aliphatic heterocycles. The van der Waals surface area contributed by atoms with Gasteiger partial charge in [-0.3, -0.25) is 0 Å². The van der Waals surface area contributed by atoms with Crippen molar-refractivity contribution < 1.29 is 9.13 Å². The summed E-state index contributed by atoms with van der Waals surface area (Å²) in [6, 6.07) is 7.71. The van der Waals surface area contributed by atoms with Crippen LogP contribution >= 0.6 is 0 Å². The van der Waals surface area contributed by atoms with Gasteiger partial charge in [0.25, 0.3) is 0 Å². The van der Waals surface area contributed by atoms with E-state index >= 15 is 0 Å².